The van der Waals surface area contributed by atoms with Gasteiger partial charge in [0.2, 0.25) is 0 Å². The molecule has 1 atom stereocenters. The first-order chi connectivity index (χ1) is 5.68. The largest absolute Gasteiger partial charge is 0.325 e. The monoisotopic (exact) mass is 226 g/mol. The molecule has 64 valence electrons. The van der Waals surface area contributed by atoms with Crippen molar-refractivity contribution in [1.82, 2.24) is 4.98 Å². The van der Waals surface area contributed by atoms with Gasteiger partial charge in [-0.15, -0.1) is 0 Å². The van der Waals surface area contributed by atoms with Crippen LogP contribution in [0.5, 0.6) is 0 Å². The molecule has 1 aromatic heterocycles. The van der Waals surface area contributed by atoms with Crippen molar-refractivity contribution in [2.75, 3.05) is 0 Å². The van der Waals surface area contributed by atoms with Crippen LogP contribution >= 0.6 is 15.9 Å². The summed E-state index contributed by atoms with van der Waals surface area (Å²) in [4.78, 5) is 4.08. The Morgan fingerprint density at radius 1 is 1.58 bits per heavy atom. The number of hydrogen-bond acceptors (Lipinski definition) is 2. The van der Waals surface area contributed by atoms with Crippen LogP contribution in [0.2, 0.25) is 0 Å². The summed E-state index contributed by atoms with van der Waals surface area (Å²) in [5.74, 6) is 0. The highest BCUT2D eigenvalue weighted by molar-refractivity contribution is 9.10. The van der Waals surface area contributed by atoms with E-state index in [1.807, 2.05) is 31.2 Å². The topological polar surface area (TPSA) is 38.9 Å². The van der Waals surface area contributed by atoms with Crippen molar-refractivity contribution in [3.8, 4) is 0 Å². The lowest BCUT2D eigenvalue weighted by Gasteiger charge is -1.95. The molecule has 0 aliphatic rings. The fraction of sp³-hybridized carbons (Fsp3) is 0.222. The Bertz CT molecular complexity index is 264. The van der Waals surface area contributed by atoms with E-state index in [1.54, 1.807) is 6.20 Å². The van der Waals surface area contributed by atoms with Crippen molar-refractivity contribution in [3.05, 3.63) is 34.6 Å². The van der Waals surface area contributed by atoms with Crippen molar-refractivity contribution < 1.29 is 0 Å². The molecule has 12 heavy (non-hydrogen) atoms. The summed E-state index contributed by atoms with van der Waals surface area (Å²) in [7, 11) is 0. The highest BCUT2D eigenvalue weighted by Gasteiger charge is 1.89. The molecule has 0 aromatic carbocycles. The first-order valence-corrected chi connectivity index (χ1v) is 4.53. The van der Waals surface area contributed by atoms with Gasteiger partial charge in [-0.3, -0.25) is 0 Å². The zero-order valence-corrected chi connectivity index (χ0v) is 8.45. The number of halogens is 1. The standard InChI is InChI=1S/C9H11BrN2/c1-7(11)2-3-8-4-5-9(10)12-6-8/h2-7H,11H2,1H3/b3-2+. The summed E-state index contributed by atoms with van der Waals surface area (Å²) in [6, 6.07) is 3.98. The molecule has 0 aliphatic heterocycles. The molecule has 0 amide bonds. The maximum absolute atomic E-state index is 5.55. The maximum Gasteiger partial charge on any atom is 0.106 e. The van der Waals surface area contributed by atoms with Gasteiger partial charge in [0.05, 0.1) is 0 Å². The Hall–Kier alpha value is -0.670. The van der Waals surface area contributed by atoms with Crippen molar-refractivity contribution in [2.24, 2.45) is 5.73 Å². The van der Waals surface area contributed by atoms with E-state index in [4.69, 9.17) is 5.73 Å². The first kappa shape index (κ1) is 9.42. The zero-order valence-electron chi connectivity index (χ0n) is 6.87. The Kier molecular flexibility index (Phi) is 3.44. The van der Waals surface area contributed by atoms with Gasteiger partial charge in [-0.2, -0.15) is 0 Å². The molecule has 0 bridgehead atoms. The maximum atomic E-state index is 5.55. The number of nitrogens with two attached hydrogens (primary N) is 1. The molecule has 0 fully saturated rings. The fourth-order valence-electron chi connectivity index (χ4n) is 0.749. The van der Waals surface area contributed by atoms with E-state index in [2.05, 4.69) is 20.9 Å². The molecule has 2 N–H and O–H groups in total. The summed E-state index contributed by atoms with van der Waals surface area (Å²) < 4.78 is 0.848. The number of hydrogen-bond donors (Lipinski definition) is 1. The molecule has 1 rings (SSSR count). The van der Waals surface area contributed by atoms with Gasteiger partial charge < -0.3 is 5.73 Å². The molecule has 3 heteroatoms. The molecule has 0 spiro atoms. The van der Waals surface area contributed by atoms with E-state index in [9.17, 15) is 0 Å². The quantitative estimate of drug-likeness (QED) is 0.786. The molecular weight excluding hydrogens is 216 g/mol. The van der Waals surface area contributed by atoms with Gasteiger partial charge >= 0.3 is 0 Å². The van der Waals surface area contributed by atoms with Crippen LogP contribution in [-0.4, -0.2) is 11.0 Å². The summed E-state index contributed by atoms with van der Waals surface area (Å²) in [5, 5.41) is 0. The van der Waals surface area contributed by atoms with E-state index < -0.39 is 0 Å². The average Bonchev–Trinajstić information content (AvgIpc) is 2.03. The Morgan fingerprint density at radius 2 is 2.33 bits per heavy atom. The first-order valence-electron chi connectivity index (χ1n) is 3.74. The van der Waals surface area contributed by atoms with Crippen LogP contribution in [0.4, 0.5) is 0 Å². The molecule has 2 nitrogen and oxygen atoms in total. The van der Waals surface area contributed by atoms with Crippen molar-refractivity contribution in [1.29, 1.82) is 0 Å². The normalized spacial score (nSPS) is 13.6. The van der Waals surface area contributed by atoms with Gasteiger partial charge in [-0.05, 0) is 34.5 Å². The Balaban J connectivity index is 2.71. The minimum absolute atomic E-state index is 0.0913. The second-order valence-corrected chi connectivity index (χ2v) is 3.44. The van der Waals surface area contributed by atoms with E-state index >= 15 is 0 Å². The number of pyridine rings is 1. The number of nitrogens with zero attached hydrogens (tertiary/aromatic N) is 1. The SMILES string of the molecule is CC(N)/C=C/c1ccc(Br)nc1. The highest BCUT2D eigenvalue weighted by Crippen LogP contribution is 2.07. The Labute approximate surface area is 80.6 Å². The highest BCUT2D eigenvalue weighted by atomic mass is 79.9. The third-order valence-corrected chi connectivity index (χ3v) is 1.81. The molecule has 1 unspecified atom stereocenters. The molecule has 1 heterocycles. The van der Waals surface area contributed by atoms with Crippen LogP contribution < -0.4 is 5.73 Å². The summed E-state index contributed by atoms with van der Waals surface area (Å²) in [5.41, 5.74) is 6.62. The third-order valence-electron chi connectivity index (χ3n) is 1.34. The van der Waals surface area contributed by atoms with Gasteiger partial charge in [0, 0.05) is 12.2 Å². The van der Waals surface area contributed by atoms with Gasteiger partial charge in [-0.25, -0.2) is 4.98 Å². The zero-order chi connectivity index (χ0) is 8.97. The van der Waals surface area contributed by atoms with Crippen LogP contribution in [0.25, 0.3) is 6.08 Å². The molecule has 1 aromatic rings. The summed E-state index contributed by atoms with van der Waals surface area (Å²) in [6.45, 7) is 1.93. The second-order valence-electron chi connectivity index (χ2n) is 2.63. The van der Waals surface area contributed by atoms with Crippen molar-refractivity contribution in [2.45, 2.75) is 13.0 Å². The van der Waals surface area contributed by atoms with E-state index in [0.29, 0.717) is 0 Å². The van der Waals surface area contributed by atoms with Crippen LogP contribution in [0, 0.1) is 0 Å². The van der Waals surface area contributed by atoms with Crippen LogP contribution in [-0.2, 0) is 0 Å². The predicted octanol–water partition coefficient (Wildman–Crippen LogP) is 2.20. The minimum atomic E-state index is 0.0913. The van der Waals surface area contributed by atoms with Gasteiger partial charge in [0.1, 0.15) is 4.60 Å². The lowest BCUT2D eigenvalue weighted by Crippen LogP contribution is -2.09. The molecule has 0 saturated heterocycles. The molecule has 0 aliphatic carbocycles. The van der Waals surface area contributed by atoms with Gasteiger partial charge in [0.15, 0.2) is 0 Å². The number of rotatable bonds is 2. The lowest BCUT2D eigenvalue weighted by molar-refractivity contribution is 0.930. The summed E-state index contributed by atoms with van der Waals surface area (Å²) in [6.07, 6.45) is 5.69. The molecular formula is C9H11BrN2. The minimum Gasteiger partial charge on any atom is -0.325 e. The van der Waals surface area contributed by atoms with Crippen LogP contribution in [0.15, 0.2) is 29.0 Å². The van der Waals surface area contributed by atoms with Crippen molar-refractivity contribution >= 4 is 22.0 Å². The van der Waals surface area contributed by atoms with Gasteiger partial charge in [-0.1, -0.05) is 18.2 Å². The van der Waals surface area contributed by atoms with Gasteiger partial charge in [0.25, 0.3) is 0 Å². The predicted molar refractivity (Wildman–Crippen MR) is 54.6 cm³/mol. The fourth-order valence-corrected chi connectivity index (χ4v) is 0.983. The van der Waals surface area contributed by atoms with E-state index in [1.165, 1.54) is 0 Å². The third kappa shape index (κ3) is 3.15. The number of aromatic nitrogens is 1. The Morgan fingerprint density at radius 3 is 2.83 bits per heavy atom. The summed E-state index contributed by atoms with van der Waals surface area (Å²) >= 11 is 3.27. The smallest absolute Gasteiger partial charge is 0.106 e. The van der Waals surface area contributed by atoms with E-state index in [0.717, 1.165) is 10.2 Å². The lowest BCUT2D eigenvalue weighted by atomic mass is 10.2. The average molecular weight is 227 g/mol. The van der Waals surface area contributed by atoms with E-state index in [-0.39, 0.29) is 6.04 Å². The molecule has 0 radical (unpaired) electrons. The van der Waals surface area contributed by atoms with Crippen molar-refractivity contribution in [3.63, 3.8) is 0 Å². The molecule has 0 saturated carbocycles. The van der Waals surface area contributed by atoms with Crippen LogP contribution in [0.3, 0.4) is 0 Å². The van der Waals surface area contributed by atoms with Crippen LogP contribution in [0.1, 0.15) is 12.5 Å². The second kappa shape index (κ2) is 4.38.